The van der Waals surface area contributed by atoms with Gasteiger partial charge < -0.3 is 5.73 Å². The van der Waals surface area contributed by atoms with E-state index in [0.29, 0.717) is 0 Å². The molecule has 0 aliphatic rings. The Morgan fingerprint density at radius 3 is 2.29 bits per heavy atom. The molecule has 0 aliphatic carbocycles. The largest absolute Gasteiger partial charge is 0.383 e. The van der Waals surface area contributed by atoms with E-state index in [4.69, 9.17) is 10.9 Å². The normalized spacial score (nSPS) is 12.0. The third kappa shape index (κ3) is 2.15. The van der Waals surface area contributed by atoms with Crippen LogP contribution in [-0.2, 0) is 10.0 Å². The Morgan fingerprint density at radius 2 is 1.93 bits per heavy atom. The van der Waals surface area contributed by atoms with Crippen LogP contribution in [0.25, 0.3) is 0 Å². The topological polar surface area (TPSA) is 99.1 Å². The first-order valence-corrected chi connectivity index (χ1v) is 4.94. The molecule has 0 saturated carbocycles. The van der Waals surface area contributed by atoms with Crippen molar-refractivity contribution in [2.45, 2.75) is 11.5 Å². The molecule has 4 N–H and O–H groups in total. The van der Waals surface area contributed by atoms with Gasteiger partial charge in [0, 0.05) is 0 Å². The van der Waals surface area contributed by atoms with Gasteiger partial charge in [-0.3, -0.25) is 0 Å². The molecule has 78 valence electrons. The van der Waals surface area contributed by atoms with E-state index in [9.17, 15) is 17.2 Å². The third-order valence-electron chi connectivity index (χ3n) is 1.46. The van der Waals surface area contributed by atoms with Gasteiger partial charge in [-0.25, -0.2) is 27.3 Å². The monoisotopic (exact) mass is 223 g/mol. The molecule has 0 atom stereocenters. The molecule has 0 unspecified atom stereocenters. The fourth-order valence-corrected chi connectivity index (χ4v) is 1.29. The Bertz CT molecular complexity index is 446. The van der Waals surface area contributed by atoms with E-state index in [0.717, 1.165) is 12.1 Å². The highest BCUT2D eigenvalue weighted by Gasteiger charge is 2.16. The van der Waals surface area contributed by atoms with Crippen LogP contribution in [0.4, 0.5) is 14.6 Å². The predicted molar refractivity (Wildman–Crippen MR) is 45.0 cm³/mol. The number of anilines is 1. The first-order chi connectivity index (χ1) is 6.32. The average molecular weight is 223 g/mol. The summed E-state index contributed by atoms with van der Waals surface area (Å²) in [7, 11) is -4.00. The maximum absolute atomic E-state index is 12.2. The highest BCUT2D eigenvalue weighted by Crippen LogP contribution is 2.24. The Labute approximate surface area is 78.8 Å². The van der Waals surface area contributed by atoms with E-state index in [1.54, 1.807) is 0 Å². The number of rotatable bonds is 2. The van der Waals surface area contributed by atoms with Crippen LogP contribution < -0.4 is 10.9 Å². The van der Waals surface area contributed by atoms with Gasteiger partial charge >= 0.3 is 0 Å². The molecule has 14 heavy (non-hydrogen) atoms. The Balaban J connectivity index is 3.27. The van der Waals surface area contributed by atoms with Crippen LogP contribution in [0.2, 0.25) is 0 Å². The second-order valence-corrected chi connectivity index (χ2v) is 3.98. The van der Waals surface area contributed by atoms with Crippen molar-refractivity contribution in [1.29, 1.82) is 0 Å². The summed E-state index contributed by atoms with van der Waals surface area (Å²) in [6.07, 6.45) is -2.79. The van der Waals surface area contributed by atoms with Crippen LogP contribution in [0.5, 0.6) is 0 Å². The maximum Gasteiger partial charge on any atom is 0.267 e. The standard InChI is InChI=1S/C6H7F2N3O2S/c7-5(8)3-1-2-4(11-6(3)9)14(10,12)13/h1-2,5H,(H2,9,11)(H2,10,12,13). The number of aromatic nitrogens is 1. The van der Waals surface area contributed by atoms with Gasteiger partial charge in [0.15, 0.2) is 5.03 Å². The molecule has 0 saturated heterocycles. The molecule has 0 spiro atoms. The lowest BCUT2D eigenvalue weighted by Gasteiger charge is -2.04. The van der Waals surface area contributed by atoms with E-state index >= 15 is 0 Å². The van der Waals surface area contributed by atoms with Crippen LogP contribution in [-0.4, -0.2) is 13.4 Å². The quantitative estimate of drug-likeness (QED) is 0.750. The van der Waals surface area contributed by atoms with Crippen LogP contribution in [0.3, 0.4) is 0 Å². The number of hydrogen-bond donors (Lipinski definition) is 2. The molecule has 0 amide bonds. The number of nitrogens with two attached hydrogens (primary N) is 2. The lowest BCUT2D eigenvalue weighted by Crippen LogP contribution is -2.15. The minimum atomic E-state index is -4.00. The summed E-state index contributed by atoms with van der Waals surface area (Å²) >= 11 is 0. The van der Waals surface area contributed by atoms with Gasteiger partial charge in [0.05, 0.1) is 5.56 Å². The van der Waals surface area contributed by atoms with Crippen LogP contribution in [0.1, 0.15) is 12.0 Å². The van der Waals surface area contributed by atoms with E-state index < -0.39 is 32.9 Å². The maximum atomic E-state index is 12.2. The van der Waals surface area contributed by atoms with Crippen molar-refractivity contribution in [2.24, 2.45) is 5.14 Å². The van der Waals surface area contributed by atoms with Crippen molar-refractivity contribution in [1.82, 2.24) is 4.98 Å². The van der Waals surface area contributed by atoms with E-state index in [1.165, 1.54) is 0 Å². The van der Waals surface area contributed by atoms with Gasteiger partial charge in [0.2, 0.25) is 0 Å². The molecule has 0 radical (unpaired) electrons. The molecular weight excluding hydrogens is 216 g/mol. The molecule has 1 aromatic heterocycles. The molecule has 5 nitrogen and oxygen atoms in total. The Kier molecular flexibility index (Phi) is 2.67. The average Bonchev–Trinajstić information content (AvgIpc) is 2.01. The van der Waals surface area contributed by atoms with Crippen molar-refractivity contribution in [3.8, 4) is 0 Å². The minimum Gasteiger partial charge on any atom is -0.383 e. The number of sulfonamides is 1. The van der Waals surface area contributed by atoms with E-state index in [1.807, 2.05) is 0 Å². The summed E-state index contributed by atoms with van der Waals surface area (Å²) in [6, 6.07) is 1.76. The summed E-state index contributed by atoms with van der Waals surface area (Å²) in [4.78, 5) is 3.25. The molecule has 0 aromatic carbocycles. The summed E-state index contributed by atoms with van der Waals surface area (Å²) in [5, 5.41) is 4.19. The van der Waals surface area contributed by atoms with Crippen molar-refractivity contribution in [2.75, 3.05) is 5.73 Å². The first-order valence-electron chi connectivity index (χ1n) is 3.39. The zero-order valence-corrected chi connectivity index (χ0v) is 7.63. The van der Waals surface area contributed by atoms with Gasteiger partial charge in [-0.1, -0.05) is 0 Å². The minimum absolute atomic E-state index is 0.516. The number of primary sulfonamides is 1. The summed E-state index contributed by atoms with van der Waals surface area (Å²) in [5.41, 5.74) is 4.59. The summed E-state index contributed by atoms with van der Waals surface area (Å²) < 4.78 is 45.8. The van der Waals surface area contributed by atoms with Crippen molar-refractivity contribution < 1.29 is 17.2 Å². The van der Waals surface area contributed by atoms with Gasteiger partial charge in [0.25, 0.3) is 16.4 Å². The Hall–Kier alpha value is -1.28. The third-order valence-corrected chi connectivity index (χ3v) is 2.27. The van der Waals surface area contributed by atoms with Crippen molar-refractivity contribution in [3.05, 3.63) is 17.7 Å². The van der Waals surface area contributed by atoms with Crippen LogP contribution in [0, 0.1) is 0 Å². The van der Waals surface area contributed by atoms with Crippen LogP contribution >= 0.6 is 0 Å². The molecule has 0 fully saturated rings. The van der Waals surface area contributed by atoms with Crippen molar-refractivity contribution in [3.63, 3.8) is 0 Å². The zero-order valence-electron chi connectivity index (χ0n) is 6.81. The molecule has 1 rings (SSSR count). The van der Waals surface area contributed by atoms with Gasteiger partial charge in [-0.05, 0) is 12.1 Å². The molecular formula is C6H7F2N3O2S. The number of alkyl halides is 2. The molecule has 8 heteroatoms. The van der Waals surface area contributed by atoms with Crippen molar-refractivity contribution >= 4 is 15.8 Å². The number of hydrogen-bond acceptors (Lipinski definition) is 4. The fraction of sp³-hybridized carbons (Fsp3) is 0.167. The fourth-order valence-electron chi connectivity index (χ4n) is 0.810. The summed E-state index contributed by atoms with van der Waals surface area (Å²) in [5.74, 6) is -0.536. The summed E-state index contributed by atoms with van der Waals surface area (Å²) in [6.45, 7) is 0. The number of pyridine rings is 1. The predicted octanol–water partition coefficient (Wildman–Crippen LogP) is 0.249. The first kappa shape index (κ1) is 10.8. The number of nitrogens with zero attached hydrogens (tertiary/aromatic N) is 1. The van der Waals surface area contributed by atoms with E-state index in [2.05, 4.69) is 4.98 Å². The molecule has 1 aromatic rings. The number of halogens is 2. The Morgan fingerprint density at radius 1 is 1.36 bits per heavy atom. The zero-order chi connectivity index (χ0) is 10.9. The molecule has 0 bridgehead atoms. The smallest absolute Gasteiger partial charge is 0.267 e. The highest BCUT2D eigenvalue weighted by atomic mass is 32.2. The SMILES string of the molecule is Nc1nc(S(N)(=O)=O)ccc1C(F)F. The second kappa shape index (κ2) is 3.46. The van der Waals surface area contributed by atoms with Gasteiger partial charge in [-0.2, -0.15) is 0 Å². The number of nitrogen functional groups attached to an aromatic ring is 1. The van der Waals surface area contributed by atoms with Gasteiger partial charge in [-0.15, -0.1) is 0 Å². The second-order valence-electron chi connectivity index (χ2n) is 2.47. The van der Waals surface area contributed by atoms with Gasteiger partial charge in [0.1, 0.15) is 5.82 Å². The molecule has 0 aliphatic heterocycles. The van der Waals surface area contributed by atoms with E-state index in [-0.39, 0.29) is 0 Å². The lowest BCUT2D eigenvalue weighted by molar-refractivity contribution is 0.152. The highest BCUT2D eigenvalue weighted by molar-refractivity contribution is 7.89. The van der Waals surface area contributed by atoms with Crippen LogP contribution in [0.15, 0.2) is 17.2 Å². The molecule has 1 heterocycles. The lowest BCUT2D eigenvalue weighted by atomic mass is 10.3.